The first kappa shape index (κ1) is 9.68. The van der Waals surface area contributed by atoms with Crippen molar-refractivity contribution < 1.29 is 5.11 Å². The minimum atomic E-state index is -0.600. The Morgan fingerprint density at radius 3 is 2.60 bits per heavy atom. The number of aliphatic hydroxyl groups excluding tert-OH is 1. The summed E-state index contributed by atoms with van der Waals surface area (Å²) in [6.45, 7) is 3.54. The molecule has 1 aromatic heterocycles. The molecular weight excluding hydrogens is 188 g/mol. The molecule has 15 heavy (non-hydrogen) atoms. The molecule has 2 rings (SSSR count). The van der Waals surface area contributed by atoms with Crippen molar-refractivity contribution in [1.29, 1.82) is 0 Å². The van der Waals surface area contributed by atoms with Crippen molar-refractivity contribution in [3.8, 4) is 5.69 Å². The van der Waals surface area contributed by atoms with Crippen LogP contribution in [0, 0.1) is 0 Å². The van der Waals surface area contributed by atoms with Crippen LogP contribution in [-0.4, -0.2) is 14.9 Å². The molecule has 0 radical (unpaired) electrons. The van der Waals surface area contributed by atoms with E-state index in [1.807, 2.05) is 36.5 Å². The number of hydrogen-bond acceptors (Lipinski definition) is 2. The normalized spacial score (nSPS) is 12.3. The average Bonchev–Trinajstić information content (AvgIpc) is 2.82. The summed E-state index contributed by atoms with van der Waals surface area (Å²) in [6, 6.07) is 9.42. The Bertz CT molecular complexity index is 431. The molecule has 0 bridgehead atoms. The van der Waals surface area contributed by atoms with E-state index in [-0.39, 0.29) is 0 Å². The van der Waals surface area contributed by atoms with Crippen LogP contribution in [0.5, 0.6) is 0 Å². The molecule has 1 atom stereocenters. The summed E-state index contributed by atoms with van der Waals surface area (Å²) < 4.78 is 1.77. The van der Waals surface area contributed by atoms with Crippen molar-refractivity contribution in [3.05, 3.63) is 60.9 Å². The maximum Gasteiger partial charge on any atom is 0.0969 e. The quantitative estimate of drug-likeness (QED) is 0.770. The number of rotatable bonds is 3. The van der Waals surface area contributed by atoms with Gasteiger partial charge in [-0.2, -0.15) is 5.10 Å². The van der Waals surface area contributed by atoms with Gasteiger partial charge in [-0.25, -0.2) is 4.68 Å². The largest absolute Gasteiger partial charge is 0.384 e. The summed E-state index contributed by atoms with van der Waals surface area (Å²) in [5.74, 6) is 0. The standard InChI is InChI=1S/C12H12N2O/c1-2-12(15)10-4-6-11(7-5-10)14-9-3-8-13-14/h2-9,12,15H,1H2. The smallest absolute Gasteiger partial charge is 0.0969 e. The van der Waals surface area contributed by atoms with E-state index in [1.54, 1.807) is 10.9 Å². The third-order valence-electron chi connectivity index (χ3n) is 2.23. The Hall–Kier alpha value is -1.87. The summed E-state index contributed by atoms with van der Waals surface area (Å²) in [4.78, 5) is 0. The van der Waals surface area contributed by atoms with E-state index in [0.29, 0.717) is 0 Å². The Labute approximate surface area is 88.3 Å². The van der Waals surface area contributed by atoms with Gasteiger partial charge in [0.1, 0.15) is 0 Å². The van der Waals surface area contributed by atoms with Crippen molar-refractivity contribution >= 4 is 0 Å². The molecule has 1 unspecified atom stereocenters. The predicted octanol–water partition coefficient (Wildman–Crippen LogP) is 2.09. The fraction of sp³-hybridized carbons (Fsp3) is 0.0833. The van der Waals surface area contributed by atoms with Crippen molar-refractivity contribution in [2.24, 2.45) is 0 Å². The minimum Gasteiger partial charge on any atom is -0.384 e. The lowest BCUT2D eigenvalue weighted by molar-refractivity contribution is 0.229. The Kier molecular flexibility index (Phi) is 2.65. The third kappa shape index (κ3) is 1.97. The van der Waals surface area contributed by atoms with E-state index < -0.39 is 6.10 Å². The van der Waals surface area contributed by atoms with Gasteiger partial charge in [0.2, 0.25) is 0 Å². The van der Waals surface area contributed by atoms with Gasteiger partial charge in [0, 0.05) is 12.4 Å². The zero-order valence-electron chi connectivity index (χ0n) is 8.24. The van der Waals surface area contributed by atoms with Crippen LogP contribution in [-0.2, 0) is 0 Å². The summed E-state index contributed by atoms with van der Waals surface area (Å²) in [5, 5.41) is 13.6. The van der Waals surface area contributed by atoms with Gasteiger partial charge >= 0.3 is 0 Å². The summed E-state index contributed by atoms with van der Waals surface area (Å²) >= 11 is 0. The topological polar surface area (TPSA) is 38.0 Å². The number of aromatic nitrogens is 2. The molecule has 1 aromatic carbocycles. The van der Waals surface area contributed by atoms with Crippen LogP contribution >= 0.6 is 0 Å². The second kappa shape index (κ2) is 4.11. The third-order valence-corrected chi connectivity index (χ3v) is 2.23. The van der Waals surface area contributed by atoms with Crippen LogP contribution in [0.3, 0.4) is 0 Å². The van der Waals surface area contributed by atoms with E-state index in [9.17, 15) is 5.11 Å². The SMILES string of the molecule is C=CC(O)c1ccc(-n2cccn2)cc1. The van der Waals surface area contributed by atoms with Crippen molar-refractivity contribution in [2.45, 2.75) is 6.10 Å². The van der Waals surface area contributed by atoms with Crippen LogP contribution in [0.2, 0.25) is 0 Å². The molecule has 0 aliphatic carbocycles. The second-order valence-corrected chi connectivity index (χ2v) is 3.22. The lowest BCUT2D eigenvalue weighted by atomic mass is 10.1. The van der Waals surface area contributed by atoms with Gasteiger partial charge in [-0.05, 0) is 23.8 Å². The first-order valence-electron chi connectivity index (χ1n) is 4.72. The first-order chi connectivity index (χ1) is 7.31. The van der Waals surface area contributed by atoms with Gasteiger partial charge in [-0.3, -0.25) is 0 Å². The molecular formula is C12H12N2O. The lowest BCUT2D eigenvalue weighted by Crippen LogP contribution is -1.96. The molecule has 0 saturated carbocycles. The Morgan fingerprint density at radius 1 is 1.33 bits per heavy atom. The van der Waals surface area contributed by atoms with Crippen molar-refractivity contribution in [2.75, 3.05) is 0 Å². The van der Waals surface area contributed by atoms with Crippen LogP contribution in [0.4, 0.5) is 0 Å². The average molecular weight is 200 g/mol. The summed E-state index contributed by atoms with van der Waals surface area (Å²) in [7, 11) is 0. The molecule has 0 amide bonds. The molecule has 0 saturated heterocycles. The molecule has 3 heteroatoms. The van der Waals surface area contributed by atoms with Crippen LogP contribution in [0.15, 0.2) is 55.4 Å². The second-order valence-electron chi connectivity index (χ2n) is 3.22. The molecule has 1 N–H and O–H groups in total. The highest BCUT2D eigenvalue weighted by molar-refractivity contribution is 5.35. The maximum atomic E-state index is 9.51. The van der Waals surface area contributed by atoms with Gasteiger partial charge < -0.3 is 5.11 Å². The number of benzene rings is 1. The fourth-order valence-corrected chi connectivity index (χ4v) is 1.38. The van der Waals surface area contributed by atoms with Crippen LogP contribution in [0.1, 0.15) is 11.7 Å². The number of hydrogen-bond donors (Lipinski definition) is 1. The molecule has 0 spiro atoms. The number of nitrogens with zero attached hydrogens (tertiary/aromatic N) is 2. The Balaban J connectivity index is 2.28. The molecule has 0 aliphatic rings. The van der Waals surface area contributed by atoms with E-state index in [2.05, 4.69) is 11.7 Å². The highest BCUT2D eigenvalue weighted by Gasteiger charge is 2.02. The van der Waals surface area contributed by atoms with Gasteiger partial charge in [-0.1, -0.05) is 18.2 Å². The molecule has 0 aliphatic heterocycles. The van der Waals surface area contributed by atoms with Gasteiger partial charge in [0.25, 0.3) is 0 Å². The minimum absolute atomic E-state index is 0.600. The van der Waals surface area contributed by atoms with Gasteiger partial charge in [-0.15, -0.1) is 6.58 Å². The van der Waals surface area contributed by atoms with Crippen LogP contribution in [0.25, 0.3) is 5.69 Å². The van der Waals surface area contributed by atoms with Gasteiger partial charge in [0.05, 0.1) is 11.8 Å². The molecule has 0 fully saturated rings. The molecule has 1 heterocycles. The highest BCUT2D eigenvalue weighted by Crippen LogP contribution is 2.15. The summed E-state index contributed by atoms with van der Waals surface area (Å²) in [5.41, 5.74) is 1.81. The van der Waals surface area contributed by atoms with Crippen LogP contribution < -0.4 is 0 Å². The van der Waals surface area contributed by atoms with Crippen molar-refractivity contribution in [3.63, 3.8) is 0 Å². The zero-order valence-corrected chi connectivity index (χ0v) is 8.24. The molecule has 3 nitrogen and oxygen atoms in total. The lowest BCUT2D eigenvalue weighted by Gasteiger charge is -2.06. The predicted molar refractivity (Wildman–Crippen MR) is 58.7 cm³/mol. The van der Waals surface area contributed by atoms with E-state index in [4.69, 9.17) is 0 Å². The monoisotopic (exact) mass is 200 g/mol. The van der Waals surface area contributed by atoms with E-state index >= 15 is 0 Å². The Morgan fingerprint density at radius 2 is 2.07 bits per heavy atom. The summed E-state index contributed by atoms with van der Waals surface area (Å²) in [6.07, 6.45) is 4.51. The van der Waals surface area contributed by atoms with Gasteiger partial charge in [0.15, 0.2) is 0 Å². The van der Waals surface area contributed by atoms with E-state index in [1.165, 1.54) is 6.08 Å². The highest BCUT2D eigenvalue weighted by atomic mass is 16.3. The van der Waals surface area contributed by atoms with E-state index in [0.717, 1.165) is 11.3 Å². The van der Waals surface area contributed by atoms with Crippen molar-refractivity contribution in [1.82, 2.24) is 9.78 Å². The maximum absolute atomic E-state index is 9.51. The fourth-order valence-electron chi connectivity index (χ4n) is 1.38. The zero-order chi connectivity index (χ0) is 10.7. The first-order valence-corrected chi connectivity index (χ1v) is 4.72. The number of aliphatic hydroxyl groups is 1. The molecule has 2 aromatic rings. The molecule has 76 valence electrons.